The molecule has 2 bridgehead atoms. The second kappa shape index (κ2) is 15.3. The molecule has 1 aromatic heterocycles. The van der Waals surface area contributed by atoms with Crippen LogP contribution >= 0.6 is 0 Å². The maximum Gasteiger partial charge on any atom is 0.309 e. The summed E-state index contributed by atoms with van der Waals surface area (Å²) in [5, 5.41) is 22.7. The lowest BCUT2D eigenvalue weighted by Crippen LogP contribution is -2.68. The number of carbonyl (C=O) groups excluding carboxylic acids is 2. The first-order valence-corrected chi connectivity index (χ1v) is 26.2. The summed E-state index contributed by atoms with van der Waals surface area (Å²) in [4.78, 5) is 43.4. The zero-order valence-electron chi connectivity index (χ0n) is 42.4. The molecule has 3 heterocycles. The van der Waals surface area contributed by atoms with Crippen molar-refractivity contribution in [1.29, 1.82) is 0 Å². The monoisotopic (exact) mass is 886 g/mol. The number of aryl methyl sites for hydroxylation is 1. The molecule has 10 nitrogen and oxygen atoms in total. The molecule has 2 unspecified atom stereocenters. The van der Waals surface area contributed by atoms with Crippen LogP contribution in [0, 0.1) is 74.4 Å². The van der Waals surface area contributed by atoms with Crippen LogP contribution in [-0.4, -0.2) is 72.9 Å². The van der Waals surface area contributed by atoms with Crippen LogP contribution in [0.25, 0.3) is 0 Å². The van der Waals surface area contributed by atoms with Crippen LogP contribution < -0.4 is 5.32 Å². The average molecular weight is 886 g/mol. The SMILES string of the molecule is Cc1nnc(C(C)C)n1C1CC2CCC(C1)N2CC(C)(C)NC(=O)[C@]12CC[C@@H](C3(C)CC3)[C@@H]1[C@H]1CC[C@@H]3[C@@]4(C)CC[C@H](OC(=O)CC(C)(C)C(=O)O)C(C)(C)[C@@H]4CC[C@@]3(C)[C@]1(C)CC2. The van der Waals surface area contributed by atoms with Crippen molar-refractivity contribution in [3.8, 4) is 0 Å². The van der Waals surface area contributed by atoms with Gasteiger partial charge in [-0.3, -0.25) is 19.3 Å². The van der Waals surface area contributed by atoms with Crippen molar-refractivity contribution in [2.75, 3.05) is 6.54 Å². The van der Waals surface area contributed by atoms with E-state index in [9.17, 15) is 14.7 Å². The summed E-state index contributed by atoms with van der Waals surface area (Å²) in [6, 6.07) is 1.49. The van der Waals surface area contributed by atoms with Gasteiger partial charge >= 0.3 is 11.9 Å². The Bertz CT molecular complexity index is 2000. The maximum absolute atomic E-state index is 15.5. The molecule has 0 spiro atoms. The fourth-order valence-electron chi connectivity index (χ4n) is 18.0. The lowest BCUT2D eigenvalue weighted by Gasteiger charge is -2.73. The summed E-state index contributed by atoms with van der Waals surface area (Å²) in [5.74, 6) is 4.09. The third-order valence-electron chi connectivity index (χ3n) is 21.9. The first-order chi connectivity index (χ1) is 29.7. The molecule has 12 atom stereocenters. The third-order valence-corrected chi connectivity index (χ3v) is 21.9. The Morgan fingerprint density at radius 3 is 2.06 bits per heavy atom. The van der Waals surface area contributed by atoms with E-state index >= 15 is 4.79 Å². The summed E-state index contributed by atoms with van der Waals surface area (Å²) in [6.07, 6.45) is 18.0. The van der Waals surface area contributed by atoms with Crippen LogP contribution in [0.4, 0.5) is 0 Å². The van der Waals surface area contributed by atoms with E-state index in [-0.39, 0.29) is 51.1 Å². The maximum atomic E-state index is 15.5. The molecule has 0 aromatic carbocycles. The van der Waals surface area contributed by atoms with Gasteiger partial charge in [-0.05, 0) is 189 Å². The van der Waals surface area contributed by atoms with E-state index in [1.54, 1.807) is 13.8 Å². The Morgan fingerprint density at radius 1 is 0.766 bits per heavy atom. The van der Waals surface area contributed by atoms with Gasteiger partial charge in [0.2, 0.25) is 5.91 Å². The van der Waals surface area contributed by atoms with Gasteiger partial charge in [0, 0.05) is 41.5 Å². The van der Waals surface area contributed by atoms with E-state index in [0.717, 1.165) is 69.6 Å². The number of nitrogens with zero attached hydrogens (tertiary/aromatic N) is 4. The minimum absolute atomic E-state index is 0.111. The number of carbonyl (C=O) groups is 3. The number of ether oxygens (including phenoxy) is 1. The smallest absolute Gasteiger partial charge is 0.309 e. The van der Waals surface area contributed by atoms with Gasteiger partial charge in [0.25, 0.3) is 0 Å². The fraction of sp³-hybridized carbons (Fsp3) is 0.907. The predicted molar refractivity (Wildman–Crippen MR) is 250 cm³/mol. The number of hydrogen-bond donors (Lipinski definition) is 2. The van der Waals surface area contributed by atoms with Gasteiger partial charge < -0.3 is 19.7 Å². The topological polar surface area (TPSA) is 127 Å². The third kappa shape index (κ3) is 7.01. The van der Waals surface area contributed by atoms with Gasteiger partial charge in [-0.25, -0.2) is 0 Å². The summed E-state index contributed by atoms with van der Waals surface area (Å²) >= 11 is 0. The van der Waals surface area contributed by atoms with E-state index in [1.165, 1.54) is 51.4 Å². The number of nitrogens with one attached hydrogen (secondary N) is 1. The molecule has 8 aliphatic rings. The summed E-state index contributed by atoms with van der Waals surface area (Å²) < 4.78 is 8.71. The van der Waals surface area contributed by atoms with Gasteiger partial charge in [-0.1, -0.05) is 55.4 Å². The Labute approximate surface area is 386 Å². The first kappa shape index (κ1) is 46.6. The molecule has 2 saturated heterocycles. The van der Waals surface area contributed by atoms with Gasteiger partial charge in [-0.2, -0.15) is 0 Å². The van der Waals surface area contributed by atoms with Gasteiger partial charge in [-0.15, -0.1) is 10.2 Å². The molecule has 2 aliphatic heterocycles. The molecule has 2 N–H and O–H groups in total. The minimum Gasteiger partial charge on any atom is -0.481 e. The summed E-state index contributed by atoms with van der Waals surface area (Å²) in [7, 11) is 0. The molecular weight excluding hydrogens is 799 g/mol. The van der Waals surface area contributed by atoms with Crippen LogP contribution in [0.1, 0.15) is 216 Å². The van der Waals surface area contributed by atoms with Gasteiger partial charge in [0.05, 0.1) is 17.3 Å². The highest BCUT2D eigenvalue weighted by Crippen LogP contribution is 2.79. The Hall–Kier alpha value is -2.49. The number of aliphatic carboxylic acids is 1. The quantitative estimate of drug-likeness (QED) is 0.210. The van der Waals surface area contributed by atoms with Crippen LogP contribution in [0.2, 0.25) is 0 Å². The van der Waals surface area contributed by atoms with E-state index in [1.807, 2.05) is 0 Å². The number of carboxylic acids is 1. The lowest BCUT2D eigenvalue weighted by molar-refractivity contribution is -0.251. The van der Waals surface area contributed by atoms with Crippen molar-refractivity contribution >= 4 is 17.8 Å². The standard InChI is InChI=1S/C54H87N5O5/c1-32(2)44-57-56-33(3)59(44)36-28-34-14-15-35(29-36)58(34)31-48(6,7)55-45(61)54-23-18-37(50(10)24-25-50)43(54)38-16-17-40-51(11)21-20-41(64-42(60)30-47(4,5)46(62)63)49(8,9)39(51)19-22-53(40,13)52(38,12)26-27-54/h32,34-41,43H,14-31H2,1-13H3,(H,55,61)(H,62,63)/t34?,35?,36?,37-,38-,39+,40-,41+,43-,51+,52-,53-,54+/m1/s1. The molecule has 1 aromatic rings. The number of fused-ring (bicyclic) bond motifs is 9. The zero-order chi connectivity index (χ0) is 46.4. The molecule has 10 heteroatoms. The van der Waals surface area contributed by atoms with Crippen LogP contribution in [0.15, 0.2) is 0 Å². The summed E-state index contributed by atoms with van der Waals surface area (Å²) in [5.41, 5.74) is -1.18. The molecule has 358 valence electrons. The molecule has 6 aliphatic carbocycles. The molecule has 9 rings (SSSR count). The molecule has 8 fully saturated rings. The largest absolute Gasteiger partial charge is 0.481 e. The van der Waals surface area contributed by atoms with Crippen molar-refractivity contribution in [3.63, 3.8) is 0 Å². The number of piperidine rings is 1. The van der Waals surface area contributed by atoms with Crippen LogP contribution in [0.5, 0.6) is 0 Å². The first-order valence-electron chi connectivity index (χ1n) is 26.2. The Balaban J connectivity index is 0.928. The Morgan fingerprint density at radius 2 is 1.44 bits per heavy atom. The average Bonchev–Trinajstić information content (AvgIpc) is 3.50. The van der Waals surface area contributed by atoms with Crippen molar-refractivity contribution in [2.45, 2.75) is 235 Å². The van der Waals surface area contributed by atoms with Crippen LogP contribution in [0.3, 0.4) is 0 Å². The molecule has 0 radical (unpaired) electrons. The number of amides is 1. The van der Waals surface area contributed by atoms with E-state index < -0.39 is 11.4 Å². The second-order valence-electron chi connectivity index (χ2n) is 27.0. The van der Waals surface area contributed by atoms with Crippen LogP contribution in [-0.2, 0) is 19.1 Å². The molecule has 6 saturated carbocycles. The highest BCUT2D eigenvalue weighted by Gasteiger charge is 2.73. The number of carboxylic acid groups (broad SMARTS) is 1. The van der Waals surface area contributed by atoms with Gasteiger partial charge in [0.1, 0.15) is 17.8 Å². The van der Waals surface area contributed by atoms with E-state index in [0.29, 0.717) is 65.0 Å². The van der Waals surface area contributed by atoms with Crippen molar-refractivity contribution in [1.82, 2.24) is 25.0 Å². The number of rotatable bonds is 11. The zero-order valence-corrected chi connectivity index (χ0v) is 42.4. The normalized spacial score (nSPS) is 42.2. The van der Waals surface area contributed by atoms with E-state index in [4.69, 9.17) is 4.74 Å². The second-order valence-corrected chi connectivity index (χ2v) is 27.0. The molecule has 1 amide bonds. The number of aromatic nitrogens is 3. The number of esters is 1. The Kier molecular flexibility index (Phi) is 11.1. The molecule has 64 heavy (non-hydrogen) atoms. The number of hydrogen-bond acceptors (Lipinski definition) is 7. The minimum atomic E-state index is -1.15. The predicted octanol–water partition coefficient (Wildman–Crippen LogP) is 11.1. The summed E-state index contributed by atoms with van der Waals surface area (Å²) in [6.45, 7) is 30.5. The molecular formula is C54H87N5O5. The van der Waals surface area contributed by atoms with E-state index in [2.05, 4.69) is 101 Å². The highest BCUT2D eigenvalue weighted by molar-refractivity contribution is 5.84. The highest BCUT2D eigenvalue weighted by atomic mass is 16.5. The van der Waals surface area contributed by atoms with Gasteiger partial charge in [0.15, 0.2) is 0 Å². The fourth-order valence-corrected chi connectivity index (χ4v) is 18.0. The van der Waals surface area contributed by atoms with Crippen molar-refractivity contribution < 1.29 is 24.2 Å². The van der Waals surface area contributed by atoms with Crippen molar-refractivity contribution in [2.24, 2.45) is 67.5 Å². The van der Waals surface area contributed by atoms with Crippen molar-refractivity contribution in [3.05, 3.63) is 11.6 Å². The lowest BCUT2D eigenvalue weighted by atomic mass is 9.32.